The molecule has 1 aliphatic heterocycles. The summed E-state index contributed by atoms with van der Waals surface area (Å²) in [7, 11) is 2.26. The summed E-state index contributed by atoms with van der Waals surface area (Å²) in [4.78, 5) is 51.3. The first-order valence-electron chi connectivity index (χ1n) is 9.13. The van der Waals surface area contributed by atoms with Crippen molar-refractivity contribution in [2.45, 2.75) is 32.4 Å². The predicted octanol–water partition coefficient (Wildman–Crippen LogP) is 2.44. The third-order valence-electron chi connectivity index (χ3n) is 4.61. The number of hydrogen-bond acceptors (Lipinski definition) is 7. The predicted molar refractivity (Wildman–Crippen MR) is 103 cm³/mol. The molecule has 0 N–H and O–H groups in total. The van der Waals surface area contributed by atoms with E-state index in [0.717, 1.165) is 25.4 Å². The SMILES string of the molecule is COC(=O)C(C(=O)OC)[C@H](CC(=O)C=C(C)C)N1C(=O)OC[C@H]1c1ccccc1. The van der Waals surface area contributed by atoms with Gasteiger partial charge in [-0.15, -0.1) is 0 Å². The van der Waals surface area contributed by atoms with Crippen molar-refractivity contribution in [3.8, 4) is 0 Å². The molecular weight excluding hydrogens is 378 g/mol. The molecule has 1 amide bonds. The quantitative estimate of drug-likeness (QED) is 0.284. The average molecular weight is 403 g/mol. The van der Waals surface area contributed by atoms with Crippen LogP contribution in [0.5, 0.6) is 0 Å². The molecule has 2 rings (SSSR count). The Kier molecular flexibility index (Phi) is 7.52. The minimum atomic E-state index is -1.49. The van der Waals surface area contributed by atoms with Crippen LogP contribution in [0.1, 0.15) is 31.9 Å². The standard InChI is InChI=1S/C21H25NO7/c1-13(2)10-15(23)11-16(18(19(24)27-3)20(25)28-4)22-17(12-29-21(22)26)14-8-6-5-7-9-14/h5-10,16-18H,11-12H2,1-4H3/t16-,17-/m0/s1. The number of carbonyl (C=O) groups is 4. The Morgan fingerprint density at radius 1 is 1.14 bits per heavy atom. The molecule has 1 fully saturated rings. The molecule has 29 heavy (non-hydrogen) atoms. The summed E-state index contributed by atoms with van der Waals surface area (Å²) in [6.07, 6.45) is 0.419. The van der Waals surface area contributed by atoms with Gasteiger partial charge in [-0.3, -0.25) is 19.3 Å². The van der Waals surface area contributed by atoms with Crippen molar-refractivity contribution < 1.29 is 33.4 Å². The van der Waals surface area contributed by atoms with Crippen LogP contribution in [-0.4, -0.2) is 55.6 Å². The lowest BCUT2D eigenvalue weighted by molar-refractivity contribution is -0.162. The van der Waals surface area contributed by atoms with Gasteiger partial charge in [-0.2, -0.15) is 0 Å². The first-order chi connectivity index (χ1) is 13.8. The zero-order valence-electron chi connectivity index (χ0n) is 16.9. The lowest BCUT2D eigenvalue weighted by Crippen LogP contribution is -2.50. The summed E-state index contributed by atoms with van der Waals surface area (Å²) >= 11 is 0. The van der Waals surface area contributed by atoms with Gasteiger partial charge < -0.3 is 14.2 Å². The molecule has 0 bridgehead atoms. The van der Waals surface area contributed by atoms with E-state index in [0.29, 0.717) is 0 Å². The summed E-state index contributed by atoms with van der Waals surface area (Å²) in [5, 5.41) is 0. The summed E-state index contributed by atoms with van der Waals surface area (Å²) in [6, 6.07) is 7.35. The molecule has 2 atom stereocenters. The Labute approximate surface area is 169 Å². The molecule has 156 valence electrons. The van der Waals surface area contributed by atoms with Crippen molar-refractivity contribution in [3.05, 3.63) is 47.5 Å². The number of nitrogens with zero attached hydrogens (tertiary/aromatic N) is 1. The first-order valence-corrected chi connectivity index (χ1v) is 9.13. The highest BCUT2D eigenvalue weighted by molar-refractivity contribution is 5.98. The number of esters is 2. The van der Waals surface area contributed by atoms with E-state index in [1.165, 1.54) is 11.0 Å². The number of allylic oxidation sites excluding steroid dienone is 2. The minimum Gasteiger partial charge on any atom is -0.468 e. The largest absolute Gasteiger partial charge is 0.468 e. The Morgan fingerprint density at radius 3 is 2.24 bits per heavy atom. The summed E-state index contributed by atoms with van der Waals surface area (Å²) in [6.45, 7) is 3.54. The topological polar surface area (TPSA) is 99.2 Å². The number of benzene rings is 1. The fourth-order valence-corrected chi connectivity index (χ4v) is 3.36. The molecule has 0 aromatic heterocycles. The van der Waals surface area contributed by atoms with Crippen LogP contribution in [0.2, 0.25) is 0 Å². The van der Waals surface area contributed by atoms with Crippen LogP contribution in [0.4, 0.5) is 4.79 Å². The van der Waals surface area contributed by atoms with Crippen molar-refractivity contribution in [2.75, 3.05) is 20.8 Å². The van der Waals surface area contributed by atoms with Crippen LogP contribution < -0.4 is 0 Å². The van der Waals surface area contributed by atoms with Crippen molar-refractivity contribution in [1.29, 1.82) is 0 Å². The molecule has 8 heteroatoms. The smallest absolute Gasteiger partial charge is 0.410 e. The third kappa shape index (κ3) is 5.22. The van der Waals surface area contributed by atoms with Crippen LogP contribution >= 0.6 is 0 Å². The van der Waals surface area contributed by atoms with Crippen molar-refractivity contribution >= 4 is 23.8 Å². The second kappa shape index (κ2) is 9.86. The Bertz CT molecular complexity index is 783. The van der Waals surface area contributed by atoms with E-state index in [9.17, 15) is 19.2 Å². The van der Waals surface area contributed by atoms with E-state index in [1.807, 2.05) is 6.07 Å². The number of hydrogen-bond donors (Lipinski definition) is 0. The second-order valence-electron chi connectivity index (χ2n) is 6.89. The number of methoxy groups -OCH3 is 2. The summed E-state index contributed by atoms with van der Waals surface area (Å²) < 4.78 is 14.7. The van der Waals surface area contributed by atoms with Crippen LogP contribution in [-0.2, 0) is 28.6 Å². The summed E-state index contributed by atoms with van der Waals surface area (Å²) in [5.41, 5.74) is 1.51. The molecule has 1 heterocycles. The monoisotopic (exact) mass is 403 g/mol. The first kappa shape index (κ1) is 22.1. The van der Waals surface area contributed by atoms with Gasteiger partial charge in [0.25, 0.3) is 0 Å². The lowest BCUT2D eigenvalue weighted by Gasteiger charge is -2.33. The van der Waals surface area contributed by atoms with E-state index in [1.54, 1.807) is 38.1 Å². The van der Waals surface area contributed by atoms with Gasteiger partial charge in [-0.25, -0.2) is 4.79 Å². The number of ketones is 1. The molecule has 0 aliphatic carbocycles. The van der Waals surface area contributed by atoms with E-state index >= 15 is 0 Å². The fourth-order valence-electron chi connectivity index (χ4n) is 3.36. The molecule has 0 unspecified atom stereocenters. The zero-order valence-corrected chi connectivity index (χ0v) is 16.9. The van der Waals surface area contributed by atoms with E-state index in [2.05, 4.69) is 0 Å². The third-order valence-corrected chi connectivity index (χ3v) is 4.61. The Balaban J connectivity index is 2.52. The molecule has 0 radical (unpaired) electrons. The highest BCUT2D eigenvalue weighted by atomic mass is 16.6. The molecule has 0 saturated carbocycles. The summed E-state index contributed by atoms with van der Waals surface area (Å²) in [5.74, 6) is -3.60. The Morgan fingerprint density at radius 2 is 1.72 bits per heavy atom. The minimum absolute atomic E-state index is 0.0330. The number of amides is 1. The maximum atomic E-state index is 12.6. The van der Waals surface area contributed by atoms with E-state index in [-0.39, 0.29) is 18.8 Å². The van der Waals surface area contributed by atoms with Crippen LogP contribution in [0.15, 0.2) is 42.0 Å². The van der Waals surface area contributed by atoms with Gasteiger partial charge in [0.15, 0.2) is 11.7 Å². The molecule has 8 nitrogen and oxygen atoms in total. The maximum Gasteiger partial charge on any atom is 0.410 e. The molecule has 1 saturated heterocycles. The molecule has 1 aromatic carbocycles. The van der Waals surface area contributed by atoms with Crippen molar-refractivity contribution in [2.24, 2.45) is 5.92 Å². The highest BCUT2D eigenvalue weighted by Crippen LogP contribution is 2.34. The highest BCUT2D eigenvalue weighted by Gasteiger charge is 2.48. The number of cyclic esters (lactones) is 1. The second-order valence-corrected chi connectivity index (χ2v) is 6.89. The molecule has 1 aromatic rings. The molecular formula is C21H25NO7. The Hall–Kier alpha value is -3.16. The lowest BCUT2D eigenvalue weighted by atomic mass is 9.91. The normalized spacial score (nSPS) is 16.8. The van der Waals surface area contributed by atoms with Crippen LogP contribution in [0.3, 0.4) is 0 Å². The van der Waals surface area contributed by atoms with Crippen molar-refractivity contribution in [3.63, 3.8) is 0 Å². The number of rotatable bonds is 8. The van der Waals surface area contributed by atoms with Gasteiger partial charge in [-0.1, -0.05) is 35.9 Å². The molecule has 0 spiro atoms. The van der Waals surface area contributed by atoms with Gasteiger partial charge in [0.05, 0.1) is 26.3 Å². The zero-order chi connectivity index (χ0) is 21.6. The van der Waals surface area contributed by atoms with Crippen LogP contribution in [0, 0.1) is 5.92 Å². The van der Waals surface area contributed by atoms with Gasteiger partial charge in [0.2, 0.25) is 0 Å². The number of ether oxygens (including phenoxy) is 3. The van der Waals surface area contributed by atoms with Crippen molar-refractivity contribution in [1.82, 2.24) is 4.90 Å². The van der Waals surface area contributed by atoms with Gasteiger partial charge in [0, 0.05) is 6.42 Å². The average Bonchev–Trinajstić information content (AvgIpc) is 3.08. The van der Waals surface area contributed by atoms with E-state index < -0.39 is 36.0 Å². The number of carbonyl (C=O) groups excluding carboxylic acids is 4. The van der Waals surface area contributed by atoms with Crippen LogP contribution in [0.25, 0.3) is 0 Å². The maximum absolute atomic E-state index is 12.6. The fraction of sp³-hybridized carbons (Fsp3) is 0.429. The van der Waals surface area contributed by atoms with Gasteiger partial charge >= 0.3 is 18.0 Å². The van der Waals surface area contributed by atoms with Gasteiger partial charge in [-0.05, 0) is 25.5 Å². The molecule has 1 aliphatic rings. The van der Waals surface area contributed by atoms with E-state index in [4.69, 9.17) is 14.2 Å². The van der Waals surface area contributed by atoms with Gasteiger partial charge in [0.1, 0.15) is 6.61 Å².